The Bertz CT molecular complexity index is 549. The van der Waals surface area contributed by atoms with Crippen LogP contribution in [-0.2, 0) is 6.18 Å². The molecule has 0 bridgehead atoms. The van der Waals surface area contributed by atoms with Crippen LogP contribution in [-0.4, -0.2) is 10.3 Å². The largest absolute Gasteiger partial charge is 0.416 e. The Labute approximate surface area is 106 Å². The van der Waals surface area contributed by atoms with Crippen LogP contribution in [0.2, 0.25) is 0 Å². The average Bonchev–Trinajstić information content (AvgIpc) is 2.75. The smallest absolute Gasteiger partial charge is 0.369 e. The lowest BCUT2D eigenvalue weighted by Crippen LogP contribution is -2.10. The van der Waals surface area contributed by atoms with Gasteiger partial charge < -0.3 is 14.9 Å². The number of aliphatic hydroxyl groups excluding tert-OH is 1. The predicted octanol–water partition coefficient (Wildman–Crippen LogP) is 3.10. The van der Waals surface area contributed by atoms with Crippen LogP contribution >= 0.6 is 0 Å². The maximum Gasteiger partial charge on any atom is 0.416 e. The number of benzene rings is 1. The van der Waals surface area contributed by atoms with Crippen molar-refractivity contribution in [1.82, 2.24) is 5.16 Å². The van der Waals surface area contributed by atoms with E-state index in [0.717, 1.165) is 12.1 Å². The van der Waals surface area contributed by atoms with Gasteiger partial charge in [-0.05, 0) is 31.2 Å². The van der Waals surface area contributed by atoms with Gasteiger partial charge in [0.1, 0.15) is 5.76 Å². The molecule has 1 heterocycles. The quantitative estimate of drug-likeness (QED) is 0.843. The predicted molar refractivity (Wildman–Crippen MR) is 61.3 cm³/mol. The number of rotatable bonds is 3. The fraction of sp³-hybridized carbons (Fsp3) is 0.250. The van der Waals surface area contributed by atoms with E-state index in [1.807, 2.05) is 0 Å². The van der Waals surface area contributed by atoms with Crippen LogP contribution in [0.3, 0.4) is 0 Å². The summed E-state index contributed by atoms with van der Waals surface area (Å²) < 4.78 is 41.9. The Hall–Kier alpha value is -2.02. The van der Waals surface area contributed by atoms with Crippen molar-refractivity contribution in [2.75, 3.05) is 5.32 Å². The molecule has 0 saturated heterocycles. The third kappa shape index (κ3) is 3.05. The lowest BCUT2D eigenvalue weighted by atomic mass is 10.2. The number of nitrogens with one attached hydrogen (secondary N) is 1. The molecule has 0 aliphatic rings. The minimum absolute atomic E-state index is 0.362. The number of anilines is 1. The first kappa shape index (κ1) is 13.4. The number of nitrogens with zero attached hydrogens (tertiary/aromatic N) is 1. The molecule has 4 nitrogen and oxygen atoms in total. The van der Waals surface area contributed by atoms with E-state index in [4.69, 9.17) is 4.52 Å². The van der Waals surface area contributed by atoms with Crippen LogP contribution in [0.5, 0.6) is 0 Å². The van der Waals surface area contributed by atoms with E-state index in [-0.39, 0.29) is 0 Å². The molecule has 0 saturated carbocycles. The number of aryl methyl sites for hydroxylation is 1. The number of aromatic nitrogens is 1. The fourth-order valence-corrected chi connectivity index (χ4v) is 1.56. The lowest BCUT2D eigenvalue weighted by Gasteiger charge is -2.14. The van der Waals surface area contributed by atoms with Crippen molar-refractivity contribution in [3.8, 4) is 0 Å². The fourth-order valence-electron chi connectivity index (χ4n) is 1.56. The monoisotopic (exact) mass is 272 g/mol. The number of hydrogen-bond donors (Lipinski definition) is 2. The van der Waals surface area contributed by atoms with Crippen molar-refractivity contribution < 1.29 is 22.8 Å². The molecule has 0 radical (unpaired) electrons. The Morgan fingerprint density at radius 1 is 1.26 bits per heavy atom. The number of aliphatic hydroxyl groups is 1. The summed E-state index contributed by atoms with van der Waals surface area (Å²) in [5.74, 6) is 0.437. The van der Waals surface area contributed by atoms with Crippen molar-refractivity contribution in [3.05, 3.63) is 47.3 Å². The topological polar surface area (TPSA) is 58.3 Å². The normalized spacial score (nSPS) is 13.3. The van der Waals surface area contributed by atoms with Gasteiger partial charge in [-0.3, -0.25) is 0 Å². The summed E-state index contributed by atoms with van der Waals surface area (Å²) in [5, 5.41) is 16.0. The van der Waals surface area contributed by atoms with Crippen LogP contribution in [0.1, 0.15) is 23.1 Å². The van der Waals surface area contributed by atoms with Crippen LogP contribution in [0.4, 0.5) is 18.9 Å². The van der Waals surface area contributed by atoms with Crippen molar-refractivity contribution in [2.24, 2.45) is 0 Å². The molecule has 1 aromatic carbocycles. The van der Waals surface area contributed by atoms with Gasteiger partial charge in [-0.1, -0.05) is 5.16 Å². The SMILES string of the molecule is Cc1oncc1C(O)Nc1ccc(C(F)(F)F)cc1. The van der Waals surface area contributed by atoms with Crippen LogP contribution in [0.15, 0.2) is 35.0 Å². The Morgan fingerprint density at radius 3 is 2.37 bits per heavy atom. The first-order valence-electron chi connectivity index (χ1n) is 5.41. The van der Waals surface area contributed by atoms with E-state index >= 15 is 0 Å². The van der Waals surface area contributed by atoms with Gasteiger partial charge in [0.15, 0.2) is 6.23 Å². The highest BCUT2D eigenvalue weighted by atomic mass is 19.4. The lowest BCUT2D eigenvalue weighted by molar-refractivity contribution is -0.137. The molecule has 1 aromatic heterocycles. The van der Waals surface area contributed by atoms with Gasteiger partial charge in [0.25, 0.3) is 0 Å². The molecule has 7 heteroatoms. The molecule has 19 heavy (non-hydrogen) atoms. The van der Waals surface area contributed by atoms with Gasteiger partial charge in [0.2, 0.25) is 0 Å². The van der Waals surface area contributed by atoms with Crippen molar-refractivity contribution in [2.45, 2.75) is 19.3 Å². The van der Waals surface area contributed by atoms with E-state index in [1.54, 1.807) is 6.92 Å². The second-order valence-electron chi connectivity index (χ2n) is 3.96. The highest BCUT2D eigenvalue weighted by Crippen LogP contribution is 2.30. The summed E-state index contributed by atoms with van der Waals surface area (Å²) in [7, 11) is 0. The number of alkyl halides is 3. The first-order chi connectivity index (χ1) is 8.88. The highest BCUT2D eigenvalue weighted by Gasteiger charge is 2.30. The third-order valence-electron chi connectivity index (χ3n) is 2.60. The Morgan fingerprint density at radius 2 is 1.89 bits per heavy atom. The number of halogens is 3. The zero-order valence-corrected chi connectivity index (χ0v) is 9.90. The Balaban J connectivity index is 2.10. The second kappa shape index (κ2) is 4.93. The second-order valence-corrected chi connectivity index (χ2v) is 3.96. The van der Waals surface area contributed by atoms with Gasteiger partial charge in [-0.15, -0.1) is 0 Å². The molecular weight excluding hydrogens is 261 g/mol. The molecule has 102 valence electrons. The molecule has 2 N–H and O–H groups in total. The van der Waals surface area contributed by atoms with Crippen molar-refractivity contribution in [3.63, 3.8) is 0 Å². The van der Waals surface area contributed by atoms with Gasteiger partial charge >= 0.3 is 6.18 Å². The molecule has 2 rings (SSSR count). The minimum atomic E-state index is -4.37. The van der Waals surface area contributed by atoms with Gasteiger partial charge in [0.05, 0.1) is 17.3 Å². The zero-order chi connectivity index (χ0) is 14.0. The standard InChI is InChI=1S/C12H11F3N2O2/c1-7-10(6-16-19-7)11(18)17-9-4-2-8(3-5-9)12(13,14)15/h2-6,11,17-18H,1H3. The minimum Gasteiger partial charge on any atom is -0.369 e. The third-order valence-corrected chi connectivity index (χ3v) is 2.60. The molecule has 0 spiro atoms. The van der Waals surface area contributed by atoms with Gasteiger partial charge in [-0.2, -0.15) is 13.2 Å². The highest BCUT2D eigenvalue weighted by molar-refractivity contribution is 5.46. The summed E-state index contributed by atoms with van der Waals surface area (Å²) in [4.78, 5) is 0. The van der Waals surface area contributed by atoms with E-state index in [2.05, 4.69) is 10.5 Å². The van der Waals surface area contributed by atoms with Crippen LogP contribution < -0.4 is 5.32 Å². The molecule has 1 unspecified atom stereocenters. The summed E-state index contributed by atoms with van der Waals surface area (Å²) in [6, 6.07) is 4.37. The molecule has 2 aromatic rings. The maximum absolute atomic E-state index is 12.4. The summed E-state index contributed by atoms with van der Waals surface area (Å²) in [5.41, 5.74) is 0.0506. The van der Waals surface area contributed by atoms with Crippen molar-refractivity contribution in [1.29, 1.82) is 0 Å². The first-order valence-corrected chi connectivity index (χ1v) is 5.41. The molecule has 0 fully saturated rings. The van der Waals surface area contributed by atoms with Gasteiger partial charge in [-0.25, -0.2) is 0 Å². The molecule has 0 aliphatic heterocycles. The summed E-state index contributed by atoms with van der Waals surface area (Å²) in [6.45, 7) is 1.62. The summed E-state index contributed by atoms with van der Waals surface area (Å²) in [6.07, 6.45) is -4.12. The van der Waals surface area contributed by atoms with Gasteiger partial charge in [0, 0.05) is 5.69 Å². The van der Waals surface area contributed by atoms with E-state index < -0.39 is 18.0 Å². The van der Waals surface area contributed by atoms with E-state index in [1.165, 1.54) is 18.3 Å². The maximum atomic E-state index is 12.4. The zero-order valence-electron chi connectivity index (χ0n) is 9.90. The van der Waals surface area contributed by atoms with Crippen LogP contribution in [0, 0.1) is 6.92 Å². The number of hydrogen-bond acceptors (Lipinski definition) is 4. The van der Waals surface area contributed by atoms with E-state index in [9.17, 15) is 18.3 Å². The van der Waals surface area contributed by atoms with E-state index in [0.29, 0.717) is 17.0 Å². The summed E-state index contributed by atoms with van der Waals surface area (Å²) >= 11 is 0. The molecule has 0 amide bonds. The molecular formula is C12H11F3N2O2. The molecule has 1 atom stereocenters. The average molecular weight is 272 g/mol. The molecule has 0 aliphatic carbocycles. The Kier molecular flexibility index (Phi) is 3.48. The van der Waals surface area contributed by atoms with Crippen molar-refractivity contribution >= 4 is 5.69 Å². The van der Waals surface area contributed by atoms with Crippen LogP contribution in [0.25, 0.3) is 0 Å².